The van der Waals surface area contributed by atoms with Crippen LogP contribution in [0.25, 0.3) is 0 Å². The summed E-state index contributed by atoms with van der Waals surface area (Å²) in [6, 6.07) is 7.85. The predicted octanol–water partition coefficient (Wildman–Crippen LogP) is 3.47. The number of nitrogens with zero attached hydrogens (tertiary/aromatic N) is 1. The van der Waals surface area contributed by atoms with E-state index < -0.39 is 17.6 Å². The number of amides is 1. The summed E-state index contributed by atoms with van der Waals surface area (Å²) in [6.07, 6.45) is -4.31. The Morgan fingerprint density at radius 1 is 1.16 bits per heavy atom. The van der Waals surface area contributed by atoms with Crippen LogP contribution >= 0.6 is 0 Å². The van der Waals surface area contributed by atoms with Crippen molar-refractivity contribution in [2.45, 2.75) is 33.0 Å². The van der Waals surface area contributed by atoms with Gasteiger partial charge in [-0.15, -0.1) is 0 Å². The molecule has 0 spiro atoms. The fraction of sp³-hybridized carbons (Fsp3) is 0.278. The number of carbonyl (C=O) groups excluding carboxylic acids is 2. The van der Waals surface area contributed by atoms with Crippen molar-refractivity contribution in [1.82, 2.24) is 10.3 Å². The Morgan fingerprint density at radius 3 is 2.52 bits per heavy atom. The molecule has 0 fully saturated rings. The van der Waals surface area contributed by atoms with Gasteiger partial charge >= 0.3 is 6.18 Å². The summed E-state index contributed by atoms with van der Waals surface area (Å²) in [6.45, 7) is 3.09. The summed E-state index contributed by atoms with van der Waals surface area (Å²) >= 11 is 0. The number of rotatable bonds is 5. The molecular formula is C18H17F3N2O2. The van der Waals surface area contributed by atoms with E-state index in [2.05, 4.69) is 10.3 Å². The lowest BCUT2D eigenvalue weighted by Gasteiger charge is -2.10. The SMILES string of the molecule is CC(=O)Cc1cc(C(=O)NCc2cccc(C(F)(F)F)c2)cc(C)n1. The summed E-state index contributed by atoms with van der Waals surface area (Å²) in [5, 5.41) is 2.58. The largest absolute Gasteiger partial charge is 0.416 e. The molecule has 25 heavy (non-hydrogen) atoms. The van der Waals surface area contributed by atoms with Gasteiger partial charge in [-0.25, -0.2) is 0 Å². The molecule has 0 saturated carbocycles. The van der Waals surface area contributed by atoms with E-state index in [0.717, 1.165) is 12.1 Å². The number of aryl methyl sites for hydroxylation is 1. The molecule has 4 nitrogen and oxygen atoms in total. The van der Waals surface area contributed by atoms with E-state index in [9.17, 15) is 22.8 Å². The van der Waals surface area contributed by atoms with Crippen LogP contribution in [0.4, 0.5) is 13.2 Å². The molecule has 0 unspecified atom stereocenters. The first-order valence-corrected chi connectivity index (χ1v) is 7.56. The highest BCUT2D eigenvalue weighted by atomic mass is 19.4. The smallest absolute Gasteiger partial charge is 0.348 e. The first kappa shape index (κ1) is 18.6. The van der Waals surface area contributed by atoms with Crippen LogP contribution in [0.3, 0.4) is 0 Å². The number of pyridine rings is 1. The minimum atomic E-state index is -4.43. The van der Waals surface area contributed by atoms with Crippen molar-refractivity contribution in [1.29, 1.82) is 0 Å². The average molecular weight is 350 g/mol. The van der Waals surface area contributed by atoms with Crippen LogP contribution < -0.4 is 5.32 Å². The van der Waals surface area contributed by atoms with Crippen LogP contribution in [0.5, 0.6) is 0 Å². The predicted molar refractivity (Wildman–Crippen MR) is 86.0 cm³/mol. The molecule has 0 bridgehead atoms. The van der Waals surface area contributed by atoms with Gasteiger partial charge in [0.05, 0.1) is 5.56 Å². The topological polar surface area (TPSA) is 59.1 Å². The highest BCUT2D eigenvalue weighted by molar-refractivity contribution is 5.94. The Balaban J connectivity index is 2.10. The standard InChI is InChI=1S/C18H17F3N2O2/c1-11-6-14(9-16(23-11)7-12(2)24)17(25)22-10-13-4-3-5-15(8-13)18(19,20)21/h3-6,8-9H,7,10H2,1-2H3,(H,22,25). The van der Waals surface area contributed by atoms with Gasteiger partial charge in [-0.05, 0) is 43.7 Å². The van der Waals surface area contributed by atoms with Gasteiger partial charge in [0.1, 0.15) is 5.78 Å². The quantitative estimate of drug-likeness (QED) is 0.898. The van der Waals surface area contributed by atoms with E-state index in [1.165, 1.54) is 25.1 Å². The van der Waals surface area contributed by atoms with Crippen molar-refractivity contribution < 1.29 is 22.8 Å². The van der Waals surface area contributed by atoms with Crippen LogP contribution in [0.15, 0.2) is 36.4 Å². The summed E-state index contributed by atoms with van der Waals surface area (Å²) in [4.78, 5) is 27.6. The summed E-state index contributed by atoms with van der Waals surface area (Å²) in [5.74, 6) is -0.513. The number of Topliss-reactive ketones (excluding diaryl/α,β-unsaturated/α-hetero) is 1. The van der Waals surface area contributed by atoms with E-state index in [4.69, 9.17) is 0 Å². The third-order valence-corrected chi connectivity index (χ3v) is 3.41. The number of hydrogen-bond donors (Lipinski definition) is 1. The zero-order valence-electron chi connectivity index (χ0n) is 13.8. The molecule has 1 aromatic heterocycles. The van der Waals surface area contributed by atoms with Gasteiger partial charge in [-0.3, -0.25) is 14.6 Å². The van der Waals surface area contributed by atoms with Crippen molar-refractivity contribution >= 4 is 11.7 Å². The molecule has 0 saturated heterocycles. The van der Waals surface area contributed by atoms with E-state index >= 15 is 0 Å². The second-order valence-corrected chi connectivity index (χ2v) is 5.75. The number of aromatic nitrogens is 1. The maximum atomic E-state index is 12.7. The molecule has 2 rings (SSSR count). The van der Waals surface area contributed by atoms with Gasteiger partial charge in [0.2, 0.25) is 0 Å². The molecule has 1 aromatic carbocycles. The zero-order valence-corrected chi connectivity index (χ0v) is 13.8. The van der Waals surface area contributed by atoms with Crippen LogP contribution in [0, 0.1) is 6.92 Å². The molecular weight excluding hydrogens is 333 g/mol. The normalized spacial score (nSPS) is 11.2. The third-order valence-electron chi connectivity index (χ3n) is 3.41. The van der Waals surface area contributed by atoms with E-state index in [-0.39, 0.29) is 18.7 Å². The minimum absolute atomic E-state index is 0.0356. The molecule has 7 heteroatoms. The number of halogens is 3. The first-order chi connectivity index (χ1) is 11.6. The van der Waals surface area contributed by atoms with Gasteiger partial charge in [0, 0.05) is 29.9 Å². The van der Waals surface area contributed by atoms with Gasteiger partial charge in [-0.2, -0.15) is 13.2 Å². The number of carbonyl (C=O) groups is 2. The molecule has 1 N–H and O–H groups in total. The van der Waals surface area contributed by atoms with Gasteiger partial charge < -0.3 is 5.32 Å². The third kappa shape index (κ3) is 5.41. The monoisotopic (exact) mass is 350 g/mol. The van der Waals surface area contributed by atoms with Gasteiger partial charge in [0.15, 0.2) is 0 Å². The Labute approximate surface area is 143 Å². The number of benzene rings is 1. The number of nitrogens with one attached hydrogen (secondary N) is 1. The Bertz CT molecular complexity index is 801. The minimum Gasteiger partial charge on any atom is -0.348 e. The van der Waals surface area contributed by atoms with Crippen LogP contribution in [0.2, 0.25) is 0 Å². The molecule has 0 aliphatic carbocycles. The van der Waals surface area contributed by atoms with Crippen LogP contribution in [-0.4, -0.2) is 16.7 Å². The molecule has 0 atom stereocenters. The fourth-order valence-corrected chi connectivity index (χ4v) is 2.36. The molecule has 2 aromatic rings. The Hall–Kier alpha value is -2.70. The Morgan fingerprint density at radius 2 is 1.88 bits per heavy atom. The number of ketones is 1. The lowest BCUT2D eigenvalue weighted by molar-refractivity contribution is -0.137. The van der Waals surface area contributed by atoms with Crippen molar-refractivity contribution in [2.75, 3.05) is 0 Å². The number of alkyl halides is 3. The molecule has 132 valence electrons. The zero-order chi connectivity index (χ0) is 18.6. The second kappa shape index (κ2) is 7.46. The van der Waals surface area contributed by atoms with Crippen molar-refractivity contribution in [3.8, 4) is 0 Å². The Kier molecular flexibility index (Phi) is 5.56. The molecule has 1 heterocycles. The van der Waals surface area contributed by atoms with Crippen molar-refractivity contribution in [3.05, 3.63) is 64.5 Å². The van der Waals surface area contributed by atoms with Crippen molar-refractivity contribution in [2.24, 2.45) is 0 Å². The highest BCUT2D eigenvalue weighted by Gasteiger charge is 2.30. The maximum absolute atomic E-state index is 12.7. The first-order valence-electron chi connectivity index (χ1n) is 7.56. The van der Waals surface area contributed by atoms with Gasteiger partial charge in [0.25, 0.3) is 5.91 Å². The molecule has 0 radical (unpaired) electrons. The fourth-order valence-electron chi connectivity index (χ4n) is 2.36. The summed E-state index contributed by atoms with van der Waals surface area (Å²) in [5.41, 5.74) is 0.969. The highest BCUT2D eigenvalue weighted by Crippen LogP contribution is 2.29. The summed E-state index contributed by atoms with van der Waals surface area (Å²) < 4.78 is 38.1. The van der Waals surface area contributed by atoms with Crippen LogP contribution in [0.1, 0.15) is 39.8 Å². The lowest BCUT2D eigenvalue weighted by Crippen LogP contribution is -2.23. The lowest BCUT2D eigenvalue weighted by atomic mass is 10.1. The molecule has 0 aliphatic heterocycles. The van der Waals surface area contributed by atoms with Gasteiger partial charge in [-0.1, -0.05) is 12.1 Å². The second-order valence-electron chi connectivity index (χ2n) is 5.75. The van der Waals surface area contributed by atoms with E-state index in [0.29, 0.717) is 22.5 Å². The van der Waals surface area contributed by atoms with Crippen LogP contribution in [-0.2, 0) is 23.9 Å². The van der Waals surface area contributed by atoms with Crippen molar-refractivity contribution in [3.63, 3.8) is 0 Å². The maximum Gasteiger partial charge on any atom is 0.416 e. The molecule has 1 amide bonds. The summed E-state index contributed by atoms with van der Waals surface area (Å²) in [7, 11) is 0. The average Bonchev–Trinajstić information content (AvgIpc) is 2.51. The molecule has 0 aliphatic rings. The van der Waals surface area contributed by atoms with E-state index in [1.807, 2.05) is 0 Å². The van der Waals surface area contributed by atoms with E-state index in [1.54, 1.807) is 13.0 Å². The number of hydrogen-bond acceptors (Lipinski definition) is 3.